The lowest BCUT2D eigenvalue weighted by Gasteiger charge is -2.36. The molecule has 0 aromatic rings. The van der Waals surface area contributed by atoms with Gasteiger partial charge in [0.15, 0.2) is 0 Å². The van der Waals surface area contributed by atoms with Gasteiger partial charge in [0.05, 0.1) is 18.2 Å². The zero-order valence-corrected chi connectivity index (χ0v) is 11.1. The number of hydrogen-bond donors (Lipinski definition) is 2. The molecule has 5 nitrogen and oxygen atoms in total. The van der Waals surface area contributed by atoms with Crippen LogP contribution in [-0.4, -0.2) is 55.2 Å². The van der Waals surface area contributed by atoms with Crippen molar-refractivity contribution in [3.8, 4) is 0 Å². The fourth-order valence-electron chi connectivity index (χ4n) is 2.27. The van der Waals surface area contributed by atoms with Crippen molar-refractivity contribution < 1.29 is 9.53 Å². The molecule has 1 rings (SSSR count). The Balaban J connectivity index is 2.45. The van der Waals surface area contributed by atoms with E-state index in [0.717, 1.165) is 26.1 Å². The standard InChI is InChI=1S/C12H25N3O2/c1-4-5-14-11(12(13)16)8-15-6-9(2)17-10(3)7-15/h9-11,14H,4-8H2,1-3H3,(H2,13,16)/t9-,10+,11?. The molecule has 0 saturated carbocycles. The zero-order chi connectivity index (χ0) is 12.8. The van der Waals surface area contributed by atoms with Crippen molar-refractivity contribution in [2.24, 2.45) is 5.73 Å². The van der Waals surface area contributed by atoms with E-state index >= 15 is 0 Å². The Labute approximate surface area is 104 Å². The van der Waals surface area contributed by atoms with E-state index in [1.54, 1.807) is 0 Å². The summed E-state index contributed by atoms with van der Waals surface area (Å²) in [7, 11) is 0. The smallest absolute Gasteiger partial charge is 0.235 e. The molecular formula is C12H25N3O2. The highest BCUT2D eigenvalue weighted by atomic mass is 16.5. The molecule has 3 N–H and O–H groups in total. The van der Waals surface area contributed by atoms with Crippen molar-refractivity contribution in [1.29, 1.82) is 0 Å². The number of nitrogens with one attached hydrogen (secondary N) is 1. The predicted octanol–water partition coefficient (Wildman–Crippen LogP) is -0.0509. The average molecular weight is 243 g/mol. The molecule has 1 amide bonds. The molecule has 0 aliphatic carbocycles. The van der Waals surface area contributed by atoms with E-state index in [1.807, 2.05) is 0 Å². The van der Waals surface area contributed by atoms with E-state index in [1.165, 1.54) is 0 Å². The van der Waals surface area contributed by atoms with E-state index < -0.39 is 0 Å². The van der Waals surface area contributed by atoms with Crippen LogP contribution in [0.3, 0.4) is 0 Å². The number of primary amides is 1. The van der Waals surface area contributed by atoms with Gasteiger partial charge < -0.3 is 15.8 Å². The molecule has 0 bridgehead atoms. The number of ether oxygens (including phenoxy) is 1. The molecule has 17 heavy (non-hydrogen) atoms. The minimum atomic E-state index is -0.273. The maximum Gasteiger partial charge on any atom is 0.235 e. The number of hydrogen-bond acceptors (Lipinski definition) is 4. The van der Waals surface area contributed by atoms with Crippen LogP contribution in [-0.2, 0) is 9.53 Å². The number of carbonyl (C=O) groups excluding carboxylic acids is 1. The first-order chi connectivity index (χ1) is 8.02. The number of morpholine rings is 1. The topological polar surface area (TPSA) is 67.6 Å². The van der Waals surface area contributed by atoms with Gasteiger partial charge in [-0.2, -0.15) is 0 Å². The Morgan fingerprint density at radius 3 is 2.53 bits per heavy atom. The van der Waals surface area contributed by atoms with Crippen molar-refractivity contribution in [1.82, 2.24) is 10.2 Å². The van der Waals surface area contributed by atoms with Gasteiger partial charge in [-0.1, -0.05) is 6.92 Å². The number of nitrogens with two attached hydrogens (primary N) is 1. The molecule has 1 heterocycles. The fraction of sp³-hybridized carbons (Fsp3) is 0.917. The van der Waals surface area contributed by atoms with Gasteiger partial charge in [-0.05, 0) is 26.8 Å². The number of nitrogens with zero attached hydrogens (tertiary/aromatic N) is 1. The van der Waals surface area contributed by atoms with E-state index in [-0.39, 0.29) is 24.2 Å². The van der Waals surface area contributed by atoms with E-state index in [4.69, 9.17) is 10.5 Å². The Hall–Kier alpha value is -0.650. The molecule has 100 valence electrons. The number of amides is 1. The molecule has 1 saturated heterocycles. The first-order valence-corrected chi connectivity index (χ1v) is 6.43. The minimum Gasteiger partial charge on any atom is -0.373 e. The third-order valence-corrected chi connectivity index (χ3v) is 2.92. The van der Waals surface area contributed by atoms with Crippen LogP contribution >= 0.6 is 0 Å². The maximum absolute atomic E-state index is 11.3. The minimum absolute atomic E-state index is 0.221. The Morgan fingerprint density at radius 2 is 2.06 bits per heavy atom. The second-order valence-electron chi connectivity index (χ2n) is 4.88. The molecule has 5 heteroatoms. The van der Waals surface area contributed by atoms with E-state index in [0.29, 0.717) is 6.54 Å². The van der Waals surface area contributed by atoms with Gasteiger partial charge in [0.25, 0.3) is 0 Å². The summed E-state index contributed by atoms with van der Waals surface area (Å²) in [5.41, 5.74) is 5.40. The zero-order valence-electron chi connectivity index (χ0n) is 11.1. The Kier molecular flexibility index (Phi) is 5.88. The van der Waals surface area contributed by atoms with Crippen molar-refractivity contribution in [2.45, 2.75) is 45.4 Å². The van der Waals surface area contributed by atoms with Gasteiger partial charge in [0.1, 0.15) is 0 Å². The maximum atomic E-state index is 11.3. The summed E-state index contributed by atoms with van der Waals surface area (Å²) in [6.07, 6.45) is 1.44. The van der Waals surface area contributed by atoms with Crippen molar-refractivity contribution in [3.63, 3.8) is 0 Å². The summed E-state index contributed by atoms with van der Waals surface area (Å²) in [6, 6.07) is -0.257. The van der Waals surface area contributed by atoms with Gasteiger partial charge in [0.2, 0.25) is 5.91 Å². The highest BCUT2D eigenvalue weighted by Gasteiger charge is 2.25. The molecule has 0 spiro atoms. The van der Waals surface area contributed by atoms with Crippen molar-refractivity contribution >= 4 is 5.91 Å². The van der Waals surface area contributed by atoms with Crippen LogP contribution < -0.4 is 11.1 Å². The van der Waals surface area contributed by atoms with Gasteiger partial charge in [-0.15, -0.1) is 0 Å². The van der Waals surface area contributed by atoms with Crippen LogP contribution in [0, 0.1) is 0 Å². The van der Waals surface area contributed by atoms with Gasteiger partial charge in [0, 0.05) is 19.6 Å². The third kappa shape index (κ3) is 5.02. The molecule has 1 fully saturated rings. The van der Waals surface area contributed by atoms with Crippen molar-refractivity contribution in [2.75, 3.05) is 26.2 Å². The molecule has 1 unspecified atom stereocenters. The number of carbonyl (C=O) groups is 1. The average Bonchev–Trinajstić information content (AvgIpc) is 2.22. The predicted molar refractivity (Wildman–Crippen MR) is 67.7 cm³/mol. The summed E-state index contributed by atoms with van der Waals surface area (Å²) >= 11 is 0. The summed E-state index contributed by atoms with van der Waals surface area (Å²) in [4.78, 5) is 13.6. The monoisotopic (exact) mass is 243 g/mol. The Bertz CT molecular complexity index is 238. The van der Waals surface area contributed by atoms with Crippen LogP contribution in [0.4, 0.5) is 0 Å². The lowest BCUT2D eigenvalue weighted by Crippen LogP contribution is -2.54. The van der Waals surface area contributed by atoms with Crippen LogP contribution in [0.5, 0.6) is 0 Å². The van der Waals surface area contributed by atoms with Gasteiger partial charge in [-0.25, -0.2) is 0 Å². The van der Waals surface area contributed by atoms with Crippen LogP contribution in [0.1, 0.15) is 27.2 Å². The number of rotatable bonds is 6. The summed E-state index contributed by atoms with van der Waals surface area (Å²) in [6.45, 7) is 9.41. The van der Waals surface area contributed by atoms with Crippen LogP contribution in [0.25, 0.3) is 0 Å². The lowest BCUT2D eigenvalue weighted by molar-refractivity contribution is -0.122. The highest BCUT2D eigenvalue weighted by molar-refractivity contribution is 5.80. The van der Waals surface area contributed by atoms with E-state index in [2.05, 4.69) is 31.0 Å². The summed E-state index contributed by atoms with van der Waals surface area (Å²) < 4.78 is 5.66. The first-order valence-electron chi connectivity index (χ1n) is 6.43. The quantitative estimate of drug-likeness (QED) is 0.686. The molecular weight excluding hydrogens is 218 g/mol. The van der Waals surface area contributed by atoms with Gasteiger partial charge >= 0.3 is 0 Å². The normalized spacial score (nSPS) is 27.9. The summed E-state index contributed by atoms with van der Waals surface area (Å²) in [5.74, 6) is -0.273. The largest absolute Gasteiger partial charge is 0.373 e. The summed E-state index contributed by atoms with van der Waals surface area (Å²) in [5, 5.41) is 3.19. The molecule has 0 aromatic carbocycles. The van der Waals surface area contributed by atoms with Crippen LogP contribution in [0.2, 0.25) is 0 Å². The SMILES string of the molecule is CCCNC(CN1C[C@@H](C)O[C@@H](C)C1)C(N)=O. The van der Waals surface area contributed by atoms with Gasteiger partial charge in [-0.3, -0.25) is 9.69 Å². The highest BCUT2D eigenvalue weighted by Crippen LogP contribution is 2.10. The molecule has 3 atom stereocenters. The molecule has 1 aliphatic rings. The fourth-order valence-corrected chi connectivity index (χ4v) is 2.27. The first kappa shape index (κ1) is 14.4. The lowest BCUT2D eigenvalue weighted by atomic mass is 10.2. The molecule has 0 aromatic heterocycles. The van der Waals surface area contributed by atoms with E-state index in [9.17, 15) is 4.79 Å². The second kappa shape index (κ2) is 6.93. The van der Waals surface area contributed by atoms with Crippen molar-refractivity contribution in [3.05, 3.63) is 0 Å². The molecule has 0 radical (unpaired) electrons. The Morgan fingerprint density at radius 1 is 1.47 bits per heavy atom. The molecule has 1 aliphatic heterocycles. The second-order valence-corrected chi connectivity index (χ2v) is 4.88. The third-order valence-electron chi connectivity index (χ3n) is 2.92. The van der Waals surface area contributed by atoms with Crippen LogP contribution in [0.15, 0.2) is 0 Å².